The first-order valence-corrected chi connectivity index (χ1v) is 9.45. The Morgan fingerprint density at radius 2 is 1.72 bits per heavy atom. The van der Waals surface area contributed by atoms with Crippen LogP contribution in [0.2, 0.25) is 0 Å². The predicted octanol–water partition coefficient (Wildman–Crippen LogP) is 4.91. The highest BCUT2D eigenvalue weighted by atomic mass is 15.2. The third kappa shape index (κ3) is 5.86. The minimum absolute atomic E-state index is 0.0433. The van der Waals surface area contributed by atoms with Gasteiger partial charge in [0.05, 0.1) is 0 Å². The molecule has 0 aliphatic heterocycles. The second kappa shape index (κ2) is 9.00. The Hall–Kier alpha value is -1.87. The molecule has 0 spiro atoms. The number of hydrogen-bond donors (Lipinski definition) is 1. The molecule has 3 nitrogen and oxygen atoms in total. The second-order valence-corrected chi connectivity index (χ2v) is 7.65. The van der Waals surface area contributed by atoms with Crippen LogP contribution < -0.4 is 10.2 Å². The maximum atomic E-state index is 5.00. The van der Waals surface area contributed by atoms with Crippen LogP contribution in [0, 0.1) is 0 Å². The minimum atomic E-state index is 0.0433. The Morgan fingerprint density at radius 3 is 2.32 bits per heavy atom. The summed E-state index contributed by atoms with van der Waals surface area (Å²) < 4.78 is 0. The van der Waals surface area contributed by atoms with E-state index in [1.54, 1.807) is 0 Å². The summed E-state index contributed by atoms with van der Waals surface area (Å²) in [6.07, 6.45) is 1.15. The van der Waals surface area contributed by atoms with Gasteiger partial charge in [-0.15, -0.1) is 0 Å². The summed E-state index contributed by atoms with van der Waals surface area (Å²) in [5.41, 5.74) is 3.83. The lowest BCUT2D eigenvalue weighted by molar-refractivity contribution is 0.564. The summed E-state index contributed by atoms with van der Waals surface area (Å²) in [6.45, 7) is 14.9. The van der Waals surface area contributed by atoms with Gasteiger partial charge in [0.25, 0.3) is 0 Å². The highest BCUT2D eigenvalue weighted by Gasteiger charge is 2.19. The minimum Gasteiger partial charge on any atom is -0.353 e. The van der Waals surface area contributed by atoms with E-state index >= 15 is 0 Å². The molecule has 25 heavy (non-hydrogen) atoms. The molecule has 0 atom stereocenters. The van der Waals surface area contributed by atoms with Gasteiger partial charge >= 0.3 is 0 Å². The van der Waals surface area contributed by atoms with E-state index in [-0.39, 0.29) is 5.41 Å². The predicted molar refractivity (Wildman–Crippen MR) is 108 cm³/mol. The van der Waals surface area contributed by atoms with Crippen molar-refractivity contribution in [2.24, 2.45) is 0 Å². The number of rotatable bonds is 8. The van der Waals surface area contributed by atoms with Crippen molar-refractivity contribution in [2.45, 2.75) is 59.5 Å². The average molecular weight is 340 g/mol. The van der Waals surface area contributed by atoms with Gasteiger partial charge in [0, 0.05) is 30.7 Å². The summed E-state index contributed by atoms with van der Waals surface area (Å²) in [5, 5.41) is 3.52. The molecule has 0 aliphatic carbocycles. The Bertz CT molecular complexity index is 644. The summed E-state index contributed by atoms with van der Waals surface area (Å²) in [6, 6.07) is 15.1. The molecular weight excluding hydrogens is 306 g/mol. The zero-order chi connectivity index (χ0) is 18.3. The zero-order valence-electron chi connectivity index (χ0n) is 16.5. The summed E-state index contributed by atoms with van der Waals surface area (Å²) in [5.74, 6) is 1.08. The van der Waals surface area contributed by atoms with Gasteiger partial charge in [-0.2, -0.15) is 0 Å². The first-order chi connectivity index (χ1) is 11.9. The van der Waals surface area contributed by atoms with Gasteiger partial charge < -0.3 is 10.2 Å². The van der Waals surface area contributed by atoms with Crippen LogP contribution in [0.15, 0.2) is 42.5 Å². The van der Waals surface area contributed by atoms with Gasteiger partial charge in [0.2, 0.25) is 0 Å². The average Bonchev–Trinajstić information content (AvgIpc) is 2.60. The molecule has 0 fully saturated rings. The lowest BCUT2D eigenvalue weighted by atomic mass is 9.90. The highest BCUT2D eigenvalue weighted by Crippen LogP contribution is 2.25. The van der Waals surface area contributed by atoms with Crippen LogP contribution in [0.5, 0.6) is 0 Å². The second-order valence-electron chi connectivity index (χ2n) is 7.65. The van der Waals surface area contributed by atoms with Crippen LogP contribution >= 0.6 is 0 Å². The van der Waals surface area contributed by atoms with Crippen molar-refractivity contribution in [2.75, 3.05) is 18.0 Å². The van der Waals surface area contributed by atoms with Crippen LogP contribution in [0.3, 0.4) is 0 Å². The number of pyridine rings is 1. The zero-order valence-corrected chi connectivity index (χ0v) is 16.5. The molecule has 1 aromatic carbocycles. The quantitative estimate of drug-likeness (QED) is 0.693. The molecule has 0 unspecified atom stereocenters. The fraction of sp³-hybridized carbons (Fsp3) is 0.500. The number of benzene rings is 1. The van der Waals surface area contributed by atoms with E-state index in [1.807, 2.05) is 0 Å². The molecule has 0 saturated carbocycles. The fourth-order valence-electron chi connectivity index (χ4n) is 2.79. The number of nitrogens with zero attached hydrogens (tertiary/aromatic N) is 2. The molecule has 0 saturated heterocycles. The van der Waals surface area contributed by atoms with Crippen LogP contribution in [-0.2, 0) is 18.5 Å². The Labute approximate surface area is 153 Å². The van der Waals surface area contributed by atoms with Gasteiger partial charge in [-0.3, -0.25) is 0 Å². The monoisotopic (exact) mass is 339 g/mol. The maximum Gasteiger partial charge on any atom is 0.129 e. The standard InChI is InChI=1S/C22H33N3/c1-6-13-23-16-19-14-20(22(3,4)5)24-21(15-19)25(7-2)17-18-11-9-8-10-12-18/h8-12,14-15,23H,6-7,13,16-17H2,1-5H3. The number of hydrogen-bond acceptors (Lipinski definition) is 3. The molecule has 2 rings (SSSR count). The van der Waals surface area contributed by atoms with E-state index in [2.05, 4.69) is 87.3 Å². The first-order valence-electron chi connectivity index (χ1n) is 9.45. The van der Waals surface area contributed by atoms with Crippen molar-refractivity contribution in [3.63, 3.8) is 0 Å². The third-order valence-electron chi connectivity index (χ3n) is 4.32. The van der Waals surface area contributed by atoms with Crippen molar-refractivity contribution in [3.8, 4) is 0 Å². The lowest BCUT2D eigenvalue weighted by Gasteiger charge is -2.26. The molecule has 1 N–H and O–H groups in total. The van der Waals surface area contributed by atoms with E-state index in [0.717, 1.165) is 44.1 Å². The summed E-state index contributed by atoms with van der Waals surface area (Å²) in [7, 11) is 0. The van der Waals surface area contributed by atoms with Crippen LogP contribution in [0.4, 0.5) is 5.82 Å². The van der Waals surface area contributed by atoms with Crippen LogP contribution in [-0.4, -0.2) is 18.1 Å². The van der Waals surface area contributed by atoms with E-state index in [0.29, 0.717) is 0 Å². The van der Waals surface area contributed by atoms with Gasteiger partial charge in [0.1, 0.15) is 5.82 Å². The Balaban J connectivity index is 2.30. The van der Waals surface area contributed by atoms with Crippen molar-refractivity contribution in [1.29, 1.82) is 0 Å². The van der Waals surface area contributed by atoms with E-state index in [4.69, 9.17) is 4.98 Å². The van der Waals surface area contributed by atoms with E-state index in [9.17, 15) is 0 Å². The maximum absolute atomic E-state index is 5.00. The molecule has 0 radical (unpaired) electrons. The Kier molecular flexibility index (Phi) is 7.01. The summed E-state index contributed by atoms with van der Waals surface area (Å²) in [4.78, 5) is 7.35. The van der Waals surface area contributed by atoms with Crippen molar-refractivity contribution >= 4 is 5.82 Å². The lowest BCUT2D eigenvalue weighted by Crippen LogP contribution is -2.26. The van der Waals surface area contributed by atoms with E-state index in [1.165, 1.54) is 11.1 Å². The molecule has 0 amide bonds. The van der Waals surface area contributed by atoms with Crippen LogP contribution in [0.25, 0.3) is 0 Å². The van der Waals surface area contributed by atoms with Gasteiger partial charge in [0.15, 0.2) is 0 Å². The fourth-order valence-corrected chi connectivity index (χ4v) is 2.79. The van der Waals surface area contributed by atoms with E-state index < -0.39 is 0 Å². The normalized spacial score (nSPS) is 11.6. The number of anilines is 1. The number of nitrogens with one attached hydrogen (secondary N) is 1. The van der Waals surface area contributed by atoms with Crippen molar-refractivity contribution in [1.82, 2.24) is 10.3 Å². The molecule has 2 aromatic rings. The van der Waals surface area contributed by atoms with Gasteiger partial charge in [-0.05, 0) is 43.1 Å². The van der Waals surface area contributed by atoms with Crippen LogP contribution in [0.1, 0.15) is 57.9 Å². The Morgan fingerprint density at radius 1 is 1.00 bits per heavy atom. The first kappa shape index (κ1) is 19.5. The van der Waals surface area contributed by atoms with Crippen molar-refractivity contribution in [3.05, 3.63) is 59.3 Å². The molecule has 136 valence electrons. The molecular formula is C22H33N3. The van der Waals surface area contributed by atoms with Gasteiger partial charge in [-0.1, -0.05) is 58.0 Å². The molecule has 0 bridgehead atoms. The molecule has 3 heteroatoms. The number of aromatic nitrogens is 1. The molecule has 0 aliphatic rings. The van der Waals surface area contributed by atoms with Gasteiger partial charge in [-0.25, -0.2) is 4.98 Å². The highest BCUT2D eigenvalue weighted by molar-refractivity contribution is 5.44. The molecule has 1 heterocycles. The largest absolute Gasteiger partial charge is 0.353 e. The molecule has 1 aromatic heterocycles. The van der Waals surface area contributed by atoms with Crippen molar-refractivity contribution < 1.29 is 0 Å². The third-order valence-corrected chi connectivity index (χ3v) is 4.32. The summed E-state index contributed by atoms with van der Waals surface area (Å²) >= 11 is 0. The topological polar surface area (TPSA) is 28.2 Å². The smallest absolute Gasteiger partial charge is 0.129 e. The SMILES string of the molecule is CCCNCc1cc(N(CC)Cc2ccccc2)nc(C(C)(C)C)c1.